The molecule has 1 aromatic carbocycles. The number of para-hydroxylation sites is 1. The molecule has 1 N–H and O–H groups in total. The van der Waals surface area contributed by atoms with Crippen molar-refractivity contribution in [2.45, 2.75) is 32.2 Å². The van der Waals surface area contributed by atoms with E-state index in [4.69, 9.17) is 0 Å². The molecule has 1 saturated heterocycles. The van der Waals surface area contributed by atoms with Gasteiger partial charge in [0.05, 0.1) is 17.5 Å². The first-order valence-corrected chi connectivity index (χ1v) is 7.67. The molecule has 4 rings (SSSR count). The van der Waals surface area contributed by atoms with Gasteiger partial charge in [-0.2, -0.15) is 0 Å². The number of fused-ring (bicyclic) bond motifs is 5. The molecule has 3 unspecified atom stereocenters. The highest BCUT2D eigenvalue weighted by Gasteiger charge is 2.44. The summed E-state index contributed by atoms with van der Waals surface area (Å²) in [5.41, 5.74) is 2.23. The van der Waals surface area contributed by atoms with E-state index < -0.39 is 0 Å². The lowest BCUT2D eigenvalue weighted by molar-refractivity contribution is 0.0799. The van der Waals surface area contributed by atoms with Crippen LogP contribution in [0.5, 0.6) is 0 Å². The van der Waals surface area contributed by atoms with Crippen molar-refractivity contribution in [1.82, 2.24) is 9.88 Å². The van der Waals surface area contributed by atoms with Crippen LogP contribution in [0.25, 0.3) is 10.9 Å². The molecule has 2 aliphatic rings. The largest absolute Gasteiger partial charge is 0.308 e. The van der Waals surface area contributed by atoms with Gasteiger partial charge < -0.3 is 5.32 Å². The van der Waals surface area contributed by atoms with Crippen molar-refractivity contribution in [2.75, 3.05) is 6.54 Å². The summed E-state index contributed by atoms with van der Waals surface area (Å²) in [7, 11) is 0. The molecule has 0 bridgehead atoms. The molecule has 1 aromatic heterocycles. The van der Waals surface area contributed by atoms with Crippen molar-refractivity contribution < 1.29 is 4.79 Å². The molecule has 2 aromatic rings. The minimum atomic E-state index is 0.139. The fourth-order valence-corrected chi connectivity index (χ4v) is 4.01. The Labute approximate surface area is 119 Å². The second kappa shape index (κ2) is 4.45. The molecule has 3 heteroatoms. The maximum atomic E-state index is 12.8. The summed E-state index contributed by atoms with van der Waals surface area (Å²) in [6.07, 6.45) is 3.46. The smallest absolute Gasteiger partial charge is 0.236 e. The zero-order valence-corrected chi connectivity index (χ0v) is 11.8. The summed E-state index contributed by atoms with van der Waals surface area (Å²) >= 11 is 0. The summed E-state index contributed by atoms with van der Waals surface area (Å²) in [6, 6.07) is 10.6. The molecular weight excluding hydrogens is 248 g/mol. The van der Waals surface area contributed by atoms with Crippen LogP contribution < -0.4 is 5.32 Å². The number of hydrogen-bond acceptors (Lipinski definition) is 2. The maximum Gasteiger partial charge on any atom is 0.236 e. The number of nitrogens with one attached hydrogen (secondary N) is 1. The molecule has 3 nitrogen and oxygen atoms in total. The lowest BCUT2D eigenvalue weighted by Gasteiger charge is -2.31. The van der Waals surface area contributed by atoms with E-state index in [1.165, 1.54) is 18.2 Å². The van der Waals surface area contributed by atoms with Gasteiger partial charge in [-0.3, -0.25) is 9.36 Å². The monoisotopic (exact) mass is 268 g/mol. The zero-order valence-electron chi connectivity index (χ0n) is 11.8. The number of piperidine rings is 1. The van der Waals surface area contributed by atoms with Gasteiger partial charge in [0.25, 0.3) is 0 Å². The summed E-state index contributed by atoms with van der Waals surface area (Å²) in [5, 5.41) is 4.79. The van der Waals surface area contributed by atoms with E-state index >= 15 is 0 Å². The number of aromatic nitrogens is 1. The minimum absolute atomic E-state index is 0.139. The van der Waals surface area contributed by atoms with Gasteiger partial charge in [0, 0.05) is 11.1 Å². The van der Waals surface area contributed by atoms with Crippen LogP contribution in [-0.2, 0) is 0 Å². The van der Waals surface area contributed by atoms with Crippen LogP contribution in [-0.4, -0.2) is 17.0 Å². The van der Waals surface area contributed by atoms with Crippen LogP contribution in [0.1, 0.15) is 42.7 Å². The third-order valence-electron chi connectivity index (χ3n) is 4.91. The van der Waals surface area contributed by atoms with Crippen LogP contribution in [0, 0.1) is 11.8 Å². The van der Waals surface area contributed by atoms with E-state index in [-0.39, 0.29) is 12.0 Å². The average molecular weight is 268 g/mol. The van der Waals surface area contributed by atoms with Gasteiger partial charge in [0.1, 0.15) is 0 Å². The van der Waals surface area contributed by atoms with Crippen molar-refractivity contribution in [3.63, 3.8) is 0 Å². The van der Waals surface area contributed by atoms with Crippen LogP contribution in [0.15, 0.2) is 30.3 Å². The summed E-state index contributed by atoms with van der Waals surface area (Å²) in [4.78, 5) is 12.8. The standard InChI is InChI=1S/C17H20N2O/c1-2-5-11-8-13-16(18-10-11)15-9-12-6-3-4-7-14(12)19(15)17(13)20/h3-4,6-7,9,11,13,16,18H,2,5,8,10H2,1H3. The summed E-state index contributed by atoms with van der Waals surface area (Å²) < 4.78 is 1.95. The fraction of sp³-hybridized carbons (Fsp3) is 0.471. The minimum Gasteiger partial charge on any atom is -0.308 e. The molecular formula is C17H20N2O. The molecule has 20 heavy (non-hydrogen) atoms. The third-order valence-corrected chi connectivity index (χ3v) is 4.91. The first kappa shape index (κ1) is 12.2. The van der Waals surface area contributed by atoms with Gasteiger partial charge in [0.2, 0.25) is 5.91 Å². The number of nitrogens with zero attached hydrogens (tertiary/aromatic N) is 1. The molecule has 0 spiro atoms. The zero-order chi connectivity index (χ0) is 13.7. The highest BCUT2D eigenvalue weighted by atomic mass is 16.2. The van der Waals surface area contributed by atoms with Crippen LogP contribution in [0.4, 0.5) is 0 Å². The first-order chi connectivity index (χ1) is 9.79. The SMILES string of the molecule is CCCC1CNC2c3cc4ccccc4n3C(=O)C2C1. The highest BCUT2D eigenvalue weighted by Crippen LogP contribution is 2.42. The number of hydrogen-bond donors (Lipinski definition) is 1. The summed E-state index contributed by atoms with van der Waals surface area (Å²) in [6.45, 7) is 3.27. The Kier molecular flexibility index (Phi) is 2.71. The molecule has 0 aliphatic carbocycles. The van der Waals surface area contributed by atoms with Gasteiger partial charge in [-0.1, -0.05) is 31.5 Å². The van der Waals surface area contributed by atoms with Crippen molar-refractivity contribution in [1.29, 1.82) is 0 Å². The van der Waals surface area contributed by atoms with Crippen LogP contribution in [0.3, 0.4) is 0 Å². The van der Waals surface area contributed by atoms with Gasteiger partial charge >= 0.3 is 0 Å². The van der Waals surface area contributed by atoms with Gasteiger partial charge in [-0.25, -0.2) is 0 Å². The Morgan fingerprint density at radius 1 is 1.35 bits per heavy atom. The van der Waals surface area contributed by atoms with Crippen LogP contribution >= 0.6 is 0 Å². The highest BCUT2D eigenvalue weighted by molar-refractivity contribution is 5.98. The summed E-state index contributed by atoms with van der Waals surface area (Å²) in [5.74, 6) is 1.08. The number of rotatable bonds is 2. The van der Waals surface area contributed by atoms with E-state index in [0.29, 0.717) is 11.8 Å². The average Bonchev–Trinajstić information content (AvgIpc) is 2.97. The number of carbonyl (C=O) groups excluding carboxylic acids is 1. The molecule has 0 radical (unpaired) electrons. The van der Waals surface area contributed by atoms with E-state index in [9.17, 15) is 4.79 Å². The molecule has 2 aliphatic heterocycles. The lowest BCUT2D eigenvalue weighted by atomic mass is 9.83. The Morgan fingerprint density at radius 2 is 2.20 bits per heavy atom. The predicted molar refractivity (Wildman–Crippen MR) is 79.8 cm³/mol. The van der Waals surface area contributed by atoms with Gasteiger partial charge in [-0.05, 0) is 37.4 Å². The van der Waals surface area contributed by atoms with Crippen LogP contribution in [0.2, 0.25) is 0 Å². The normalized spacial score (nSPS) is 28.6. The number of benzene rings is 1. The Hall–Kier alpha value is -1.61. The maximum absolute atomic E-state index is 12.8. The quantitative estimate of drug-likeness (QED) is 0.906. The third kappa shape index (κ3) is 1.59. The van der Waals surface area contributed by atoms with Gasteiger partial charge in [-0.15, -0.1) is 0 Å². The van der Waals surface area contributed by atoms with Crippen molar-refractivity contribution in [3.05, 3.63) is 36.0 Å². The van der Waals surface area contributed by atoms with E-state index in [0.717, 1.165) is 24.2 Å². The molecule has 0 saturated carbocycles. The van der Waals surface area contributed by atoms with E-state index in [1.54, 1.807) is 0 Å². The fourth-order valence-electron chi connectivity index (χ4n) is 4.01. The molecule has 104 valence electrons. The predicted octanol–water partition coefficient (Wildman–Crippen LogP) is 3.36. The second-order valence-electron chi connectivity index (χ2n) is 6.18. The van der Waals surface area contributed by atoms with Gasteiger partial charge in [0.15, 0.2) is 0 Å². The van der Waals surface area contributed by atoms with Crippen molar-refractivity contribution >= 4 is 16.8 Å². The Balaban J connectivity index is 1.75. The molecule has 3 atom stereocenters. The molecule has 0 amide bonds. The first-order valence-electron chi connectivity index (χ1n) is 7.67. The molecule has 1 fully saturated rings. The van der Waals surface area contributed by atoms with E-state index in [1.807, 2.05) is 16.7 Å². The second-order valence-corrected chi connectivity index (χ2v) is 6.18. The number of carbonyl (C=O) groups is 1. The van der Waals surface area contributed by atoms with Crippen molar-refractivity contribution in [3.8, 4) is 0 Å². The van der Waals surface area contributed by atoms with Crippen molar-refractivity contribution in [2.24, 2.45) is 11.8 Å². The Bertz CT molecular complexity index is 673. The lowest BCUT2D eigenvalue weighted by Crippen LogP contribution is -2.39. The topological polar surface area (TPSA) is 34.0 Å². The Morgan fingerprint density at radius 3 is 3.05 bits per heavy atom. The van der Waals surface area contributed by atoms with E-state index in [2.05, 4.69) is 30.4 Å². The molecule has 3 heterocycles.